The quantitative estimate of drug-likeness (QED) is 0.876. The monoisotopic (exact) mass is 241 g/mol. The van der Waals surface area contributed by atoms with Crippen molar-refractivity contribution in [3.05, 3.63) is 21.9 Å². The maximum atomic E-state index is 10.1. The van der Waals surface area contributed by atoms with Crippen LogP contribution in [0.1, 0.15) is 31.2 Å². The molecular weight excluding hydrogens is 218 g/mol. The second-order valence-corrected chi connectivity index (χ2v) is 6.69. The van der Waals surface area contributed by atoms with E-state index in [9.17, 15) is 5.11 Å². The molecule has 0 amide bonds. The van der Waals surface area contributed by atoms with Crippen LogP contribution in [0.15, 0.2) is 11.4 Å². The first-order chi connectivity index (χ1) is 7.30. The third kappa shape index (κ3) is 3.89. The van der Waals surface area contributed by atoms with E-state index in [2.05, 4.69) is 51.2 Å². The summed E-state index contributed by atoms with van der Waals surface area (Å²) in [5, 5.41) is 12.2. The molecule has 92 valence electrons. The van der Waals surface area contributed by atoms with Gasteiger partial charge < -0.3 is 10.0 Å². The van der Waals surface area contributed by atoms with Gasteiger partial charge in [0.1, 0.15) is 0 Å². The van der Waals surface area contributed by atoms with Crippen LogP contribution >= 0.6 is 11.3 Å². The van der Waals surface area contributed by atoms with E-state index in [1.54, 1.807) is 11.3 Å². The number of thiophene rings is 1. The van der Waals surface area contributed by atoms with Crippen molar-refractivity contribution in [2.45, 2.75) is 39.8 Å². The van der Waals surface area contributed by atoms with Crippen LogP contribution in [-0.4, -0.2) is 30.2 Å². The zero-order valence-corrected chi connectivity index (χ0v) is 11.8. The van der Waals surface area contributed by atoms with Gasteiger partial charge in [-0.3, -0.25) is 0 Å². The topological polar surface area (TPSA) is 23.5 Å². The van der Waals surface area contributed by atoms with E-state index in [0.29, 0.717) is 0 Å². The Labute approximate surface area is 103 Å². The number of hydrogen-bond acceptors (Lipinski definition) is 3. The maximum Gasteiger partial charge on any atom is 0.0636 e. The smallest absolute Gasteiger partial charge is 0.0636 e. The molecule has 2 nitrogen and oxygen atoms in total. The molecule has 0 aliphatic heterocycles. The van der Waals surface area contributed by atoms with Crippen LogP contribution in [0.4, 0.5) is 0 Å². The van der Waals surface area contributed by atoms with E-state index in [0.717, 1.165) is 13.0 Å². The van der Waals surface area contributed by atoms with Gasteiger partial charge >= 0.3 is 0 Å². The number of aliphatic hydroxyl groups excluding tert-OH is 1. The minimum Gasteiger partial charge on any atom is -0.392 e. The molecule has 1 rings (SSSR count). The second kappa shape index (κ2) is 5.30. The van der Waals surface area contributed by atoms with Crippen molar-refractivity contribution in [3.8, 4) is 0 Å². The van der Waals surface area contributed by atoms with Gasteiger partial charge in [-0.05, 0) is 36.5 Å². The molecule has 1 atom stereocenters. The van der Waals surface area contributed by atoms with Crippen molar-refractivity contribution in [3.63, 3.8) is 0 Å². The molecule has 16 heavy (non-hydrogen) atoms. The molecule has 0 saturated carbocycles. The number of hydrogen-bond donors (Lipinski definition) is 1. The summed E-state index contributed by atoms with van der Waals surface area (Å²) in [6, 6.07) is 2.16. The van der Waals surface area contributed by atoms with Gasteiger partial charge in [0.2, 0.25) is 0 Å². The van der Waals surface area contributed by atoms with Crippen LogP contribution < -0.4 is 0 Å². The van der Waals surface area contributed by atoms with Crippen molar-refractivity contribution in [1.29, 1.82) is 0 Å². The van der Waals surface area contributed by atoms with E-state index in [-0.39, 0.29) is 11.5 Å². The molecule has 0 bridgehead atoms. The van der Waals surface area contributed by atoms with Crippen LogP contribution in [0.2, 0.25) is 0 Å². The molecule has 0 radical (unpaired) electrons. The Morgan fingerprint density at radius 2 is 2.00 bits per heavy atom. The molecule has 1 heterocycles. The van der Waals surface area contributed by atoms with Gasteiger partial charge in [-0.1, -0.05) is 20.8 Å². The van der Waals surface area contributed by atoms with Crippen molar-refractivity contribution in [2.24, 2.45) is 5.41 Å². The molecule has 0 spiro atoms. The van der Waals surface area contributed by atoms with Crippen LogP contribution in [0, 0.1) is 5.41 Å². The van der Waals surface area contributed by atoms with Gasteiger partial charge in [-0.15, -0.1) is 11.3 Å². The Balaban J connectivity index is 2.70. The SMILES string of the molecule is CN(C)Cc1ccsc1CC(O)C(C)(C)C. The summed E-state index contributed by atoms with van der Waals surface area (Å²) in [5.74, 6) is 0. The number of rotatable bonds is 4. The van der Waals surface area contributed by atoms with E-state index in [1.807, 2.05) is 0 Å². The van der Waals surface area contributed by atoms with Gasteiger partial charge in [0.25, 0.3) is 0 Å². The van der Waals surface area contributed by atoms with Gasteiger partial charge in [-0.25, -0.2) is 0 Å². The highest BCUT2D eigenvalue weighted by Gasteiger charge is 2.23. The summed E-state index contributed by atoms with van der Waals surface area (Å²) in [6.07, 6.45) is 0.497. The average Bonchev–Trinajstić information content (AvgIpc) is 2.50. The zero-order chi connectivity index (χ0) is 12.3. The van der Waals surface area contributed by atoms with E-state index in [1.165, 1.54) is 10.4 Å². The van der Waals surface area contributed by atoms with E-state index >= 15 is 0 Å². The van der Waals surface area contributed by atoms with Crippen LogP contribution in [0.5, 0.6) is 0 Å². The minimum absolute atomic E-state index is 0.0423. The summed E-state index contributed by atoms with van der Waals surface area (Å²) in [6.45, 7) is 7.19. The molecule has 0 fully saturated rings. The lowest BCUT2D eigenvalue weighted by Gasteiger charge is -2.26. The number of nitrogens with zero attached hydrogens (tertiary/aromatic N) is 1. The summed E-state index contributed by atoms with van der Waals surface area (Å²) < 4.78 is 0. The Bertz CT molecular complexity index is 325. The van der Waals surface area contributed by atoms with Gasteiger partial charge in [0, 0.05) is 17.8 Å². The molecule has 0 aliphatic rings. The molecule has 0 saturated heterocycles. The maximum absolute atomic E-state index is 10.1. The molecule has 1 aromatic heterocycles. The molecule has 3 heteroatoms. The fourth-order valence-electron chi connectivity index (χ4n) is 1.51. The average molecular weight is 241 g/mol. The lowest BCUT2D eigenvalue weighted by Crippen LogP contribution is -2.28. The van der Waals surface area contributed by atoms with Crippen molar-refractivity contribution < 1.29 is 5.11 Å². The Hall–Kier alpha value is -0.380. The molecule has 1 aromatic rings. The third-order valence-electron chi connectivity index (χ3n) is 2.70. The summed E-state index contributed by atoms with van der Waals surface area (Å²) in [5.41, 5.74) is 1.30. The van der Waals surface area contributed by atoms with Gasteiger partial charge in [0.05, 0.1) is 6.10 Å². The van der Waals surface area contributed by atoms with Crippen molar-refractivity contribution in [1.82, 2.24) is 4.90 Å². The predicted octanol–water partition coefficient (Wildman–Crippen LogP) is 2.76. The van der Waals surface area contributed by atoms with Gasteiger partial charge in [-0.2, -0.15) is 0 Å². The normalized spacial score (nSPS) is 14.4. The van der Waals surface area contributed by atoms with Crippen LogP contribution in [0.25, 0.3) is 0 Å². The van der Waals surface area contributed by atoms with E-state index in [4.69, 9.17) is 0 Å². The zero-order valence-electron chi connectivity index (χ0n) is 10.9. The Morgan fingerprint density at radius 1 is 1.38 bits per heavy atom. The van der Waals surface area contributed by atoms with Gasteiger partial charge in [0.15, 0.2) is 0 Å². The Kier molecular flexibility index (Phi) is 4.53. The highest BCUT2D eigenvalue weighted by molar-refractivity contribution is 7.10. The fraction of sp³-hybridized carbons (Fsp3) is 0.692. The highest BCUT2D eigenvalue weighted by atomic mass is 32.1. The molecule has 1 unspecified atom stereocenters. The molecule has 1 N–H and O–H groups in total. The standard InChI is InChI=1S/C13H23NOS/c1-13(2,3)12(15)8-11-10(6-7-16-11)9-14(4)5/h6-7,12,15H,8-9H2,1-5H3. The summed E-state index contributed by atoms with van der Waals surface area (Å²) in [4.78, 5) is 3.48. The fourth-order valence-corrected chi connectivity index (χ4v) is 2.44. The predicted molar refractivity (Wildman–Crippen MR) is 70.9 cm³/mol. The lowest BCUT2D eigenvalue weighted by molar-refractivity contribution is 0.0640. The first-order valence-electron chi connectivity index (χ1n) is 5.68. The summed E-state index contributed by atoms with van der Waals surface area (Å²) in [7, 11) is 4.14. The van der Waals surface area contributed by atoms with Crippen molar-refractivity contribution >= 4 is 11.3 Å². The minimum atomic E-state index is -0.271. The number of aliphatic hydroxyl groups is 1. The third-order valence-corrected chi connectivity index (χ3v) is 3.69. The van der Waals surface area contributed by atoms with Crippen molar-refractivity contribution in [2.75, 3.05) is 14.1 Å². The summed E-state index contributed by atoms with van der Waals surface area (Å²) >= 11 is 1.75. The molecule has 0 aromatic carbocycles. The van der Waals surface area contributed by atoms with Crippen LogP contribution in [-0.2, 0) is 13.0 Å². The first kappa shape index (κ1) is 13.7. The second-order valence-electron chi connectivity index (χ2n) is 5.69. The molecule has 0 aliphatic carbocycles. The molecular formula is C13H23NOS. The largest absolute Gasteiger partial charge is 0.392 e. The first-order valence-corrected chi connectivity index (χ1v) is 6.56. The van der Waals surface area contributed by atoms with E-state index < -0.39 is 0 Å². The van der Waals surface area contributed by atoms with Crippen LogP contribution in [0.3, 0.4) is 0 Å². The highest BCUT2D eigenvalue weighted by Crippen LogP contribution is 2.26. The Morgan fingerprint density at radius 3 is 2.50 bits per heavy atom. The lowest BCUT2D eigenvalue weighted by atomic mass is 9.86.